The molecule has 0 fully saturated rings. The zero-order chi connectivity index (χ0) is 8.20. The molecule has 0 unspecified atom stereocenters. The van der Waals surface area contributed by atoms with Gasteiger partial charge in [0.1, 0.15) is 5.54 Å². The number of carbonyl (C=O) groups is 1. The molecule has 0 spiro atoms. The first-order valence-electron chi connectivity index (χ1n) is 2.56. The van der Waals surface area contributed by atoms with E-state index in [2.05, 4.69) is 15.8 Å². The molecule has 0 aliphatic heterocycles. The minimum absolute atomic E-state index is 0.872. The van der Waals surface area contributed by atoms with Crippen LogP contribution in [0, 0.1) is 10.4 Å². The molecule has 0 aliphatic rings. The first kappa shape index (κ1) is 8.67. The molecule has 0 aromatic rings. The molecule has 0 radical (unpaired) electrons. The zero-order valence-electron chi connectivity index (χ0n) is 5.71. The van der Waals surface area contributed by atoms with Crippen molar-refractivity contribution in [2.45, 2.75) is 19.4 Å². The van der Waals surface area contributed by atoms with Gasteiger partial charge in [0.2, 0.25) is 0 Å². The first-order chi connectivity index (χ1) is 4.54. The van der Waals surface area contributed by atoms with Crippen LogP contribution in [0.25, 0.3) is 0 Å². The van der Waals surface area contributed by atoms with Crippen LogP contribution >= 0.6 is 0 Å². The van der Waals surface area contributed by atoms with Gasteiger partial charge in [-0.2, -0.15) is 5.53 Å². The third-order valence-corrected chi connectivity index (χ3v) is 0.953. The summed E-state index contributed by atoms with van der Waals surface area (Å²) in [6, 6.07) is 0. The van der Waals surface area contributed by atoms with Crippen LogP contribution in [0.15, 0.2) is 10.4 Å². The minimum atomic E-state index is -1.16. The highest BCUT2D eigenvalue weighted by molar-refractivity contribution is 5.85. The maximum atomic E-state index is 10.5. The molecule has 0 aliphatic carbocycles. The van der Waals surface area contributed by atoms with Crippen molar-refractivity contribution in [2.24, 2.45) is 10.4 Å². The predicted octanol–water partition coefficient (Wildman–Crippen LogP) is 0.594. The van der Waals surface area contributed by atoms with E-state index in [9.17, 15) is 9.70 Å². The SMILES string of the molecule is CC(C)(NN=N)C(=O)N=O. The Morgan fingerprint density at radius 2 is 2.10 bits per heavy atom. The Morgan fingerprint density at radius 1 is 1.60 bits per heavy atom. The molecule has 10 heavy (non-hydrogen) atoms. The molecule has 2 N–H and O–H groups in total. The summed E-state index contributed by atoms with van der Waals surface area (Å²) >= 11 is 0. The molecule has 0 aromatic heterocycles. The average Bonchev–Trinajstić information content (AvgIpc) is 1.86. The lowest BCUT2D eigenvalue weighted by Crippen LogP contribution is -2.42. The largest absolute Gasteiger partial charge is 0.312 e. The number of nitrogens with zero attached hydrogens (tertiary/aromatic N) is 2. The van der Waals surface area contributed by atoms with Gasteiger partial charge in [0.05, 0.1) is 0 Å². The van der Waals surface area contributed by atoms with Crippen LogP contribution < -0.4 is 5.43 Å². The number of nitroso groups, excluding NO2 is 1. The van der Waals surface area contributed by atoms with Crippen LogP contribution in [-0.2, 0) is 4.79 Å². The molecule has 0 aromatic carbocycles. The normalized spacial score (nSPS) is 10.2. The fourth-order valence-electron chi connectivity index (χ4n) is 0.302. The van der Waals surface area contributed by atoms with Crippen LogP contribution in [0.5, 0.6) is 0 Å². The second-order valence-electron chi connectivity index (χ2n) is 2.25. The molecule has 0 heterocycles. The maximum Gasteiger partial charge on any atom is 0.312 e. The van der Waals surface area contributed by atoms with E-state index in [1.165, 1.54) is 13.8 Å². The summed E-state index contributed by atoms with van der Waals surface area (Å²) in [5.41, 5.74) is 7.30. The standard InChI is InChI=1S/C4H8N4O2/c1-4(2,7-8-5)3(9)6-10/h1-2H3,(H2,5,7). The average molecular weight is 144 g/mol. The molecular formula is C4H8N4O2. The fourth-order valence-corrected chi connectivity index (χ4v) is 0.302. The number of carbonyl (C=O) groups excluding carboxylic acids is 1. The Hall–Kier alpha value is -1.33. The van der Waals surface area contributed by atoms with Gasteiger partial charge in [-0.3, -0.25) is 10.2 Å². The molecule has 6 nitrogen and oxygen atoms in total. The minimum Gasteiger partial charge on any atom is -0.277 e. The Morgan fingerprint density at radius 3 is 2.40 bits per heavy atom. The van der Waals surface area contributed by atoms with E-state index in [1.807, 2.05) is 0 Å². The summed E-state index contributed by atoms with van der Waals surface area (Å²) in [4.78, 5) is 20.2. The summed E-state index contributed by atoms with van der Waals surface area (Å²) in [5, 5.41) is 4.94. The smallest absolute Gasteiger partial charge is 0.277 e. The van der Waals surface area contributed by atoms with E-state index >= 15 is 0 Å². The summed E-state index contributed by atoms with van der Waals surface area (Å²) in [5.74, 6) is -0.872. The summed E-state index contributed by atoms with van der Waals surface area (Å²) in [6.45, 7) is 2.82. The monoisotopic (exact) mass is 144 g/mol. The lowest BCUT2D eigenvalue weighted by Gasteiger charge is -2.15. The number of nitrogens with one attached hydrogen (secondary N) is 2. The van der Waals surface area contributed by atoms with E-state index < -0.39 is 11.4 Å². The van der Waals surface area contributed by atoms with Gasteiger partial charge in [-0.1, -0.05) is 5.22 Å². The fraction of sp³-hybridized carbons (Fsp3) is 0.750. The Labute approximate surface area is 57.4 Å². The number of hydrogen-bond acceptors (Lipinski definition) is 4. The van der Waals surface area contributed by atoms with E-state index in [-0.39, 0.29) is 0 Å². The third kappa shape index (κ3) is 1.88. The van der Waals surface area contributed by atoms with Crippen LogP contribution in [-0.4, -0.2) is 11.4 Å². The summed E-state index contributed by atoms with van der Waals surface area (Å²) in [7, 11) is 0. The predicted molar refractivity (Wildman–Crippen MR) is 33.2 cm³/mol. The van der Waals surface area contributed by atoms with Crippen LogP contribution in [0.3, 0.4) is 0 Å². The molecule has 1 amide bonds. The van der Waals surface area contributed by atoms with Gasteiger partial charge < -0.3 is 0 Å². The quantitative estimate of drug-likeness (QED) is 0.344. The molecule has 56 valence electrons. The van der Waals surface area contributed by atoms with Crippen molar-refractivity contribution in [2.75, 3.05) is 0 Å². The third-order valence-electron chi connectivity index (χ3n) is 0.953. The van der Waals surface area contributed by atoms with Gasteiger partial charge in [-0.15, -0.1) is 4.91 Å². The molecule has 0 atom stereocenters. The lowest BCUT2D eigenvalue weighted by atomic mass is 10.1. The molecule has 0 bridgehead atoms. The summed E-state index contributed by atoms with van der Waals surface area (Å²) in [6.07, 6.45) is 0. The van der Waals surface area contributed by atoms with Crippen LogP contribution in [0.1, 0.15) is 13.8 Å². The summed E-state index contributed by atoms with van der Waals surface area (Å²) < 4.78 is 0. The van der Waals surface area contributed by atoms with E-state index in [4.69, 9.17) is 5.53 Å². The second kappa shape index (κ2) is 3.00. The highest BCUT2D eigenvalue weighted by atomic mass is 16.3. The van der Waals surface area contributed by atoms with Gasteiger partial charge >= 0.3 is 5.91 Å². The van der Waals surface area contributed by atoms with Gasteiger partial charge in [-0.05, 0) is 13.8 Å². The van der Waals surface area contributed by atoms with Crippen molar-refractivity contribution in [1.29, 1.82) is 5.53 Å². The Balaban J connectivity index is 4.22. The first-order valence-corrected chi connectivity index (χ1v) is 2.56. The Bertz CT molecular complexity index is 165. The van der Waals surface area contributed by atoms with Crippen LogP contribution in [0.4, 0.5) is 0 Å². The number of amides is 1. The van der Waals surface area contributed by atoms with E-state index in [1.54, 1.807) is 0 Å². The lowest BCUT2D eigenvalue weighted by molar-refractivity contribution is -0.123. The van der Waals surface area contributed by atoms with E-state index in [0.717, 1.165) is 0 Å². The maximum absolute atomic E-state index is 10.5. The molecular weight excluding hydrogens is 136 g/mol. The highest BCUT2D eigenvalue weighted by Gasteiger charge is 2.27. The van der Waals surface area contributed by atoms with Crippen molar-refractivity contribution in [3.63, 3.8) is 0 Å². The zero-order valence-corrected chi connectivity index (χ0v) is 5.71. The number of rotatable bonds is 3. The van der Waals surface area contributed by atoms with Gasteiger partial charge in [-0.25, -0.2) is 0 Å². The van der Waals surface area contributed by atoms with Crippen molar-refractivity contribution in [3.8, 4) is 0 Å². The van der Waals surface area contributed by atoms with Gasteiger partial charge in [0.15, 0.2) is 0 Å². The van der Waals surface area contributed by atoms with Crippen molar-refractivity contribution in [1.82, 2.24) is 5.43 Å². The van der Waals surface area contributed by atoms with Crippen molar-refractivity contribution in [3.05, 3.63) is 4.91 Å². The van der Waals surface area contributed by atoms with E-state index in [0.29, 0.717) is 0 Å². The van der Waals surface area contributed by atoms with Crippen LogP contribution in [0.2, 0.25) is 0 Å². The highest BCUT2D eigenvalue weighted by Crippen LogP contribution is 2.03. The molecule has 6 heteroatoms. The van der Waals surface area contributed by atoms with Crippen molar-refractivity contribution < 1.29 is 4.79 Å². The topological polar surface area (TPSA) is 94.7 Å². The van der Waals surface area contributed by atoms with Crippen molar-refractivity contribution >= 4 is 5.91 Å². The second-order valence-corrected chi connectivity index (χ2v) is 2.25. The van der Waals surface area contributed by atoms with Gasteiger partial charge in [0.25, 0.3) is 0 Å². The van der Waals surface area contributed by atoms with Gasteiger partial charge in [0, 0.05) is 5.18 Å². The molecule has 0 saturated heterocycles. The molecule has 0 rings (SSSR count). The Kier molecular flexibility index (Phi) is 2.60. The molecule has 0 saturated carbocycles. The number of hydrogen-bond donors (Lipinski definition) is 2.